The van der Waals surface area contributed by atoms with Gasteiger partial charge in [-0.2, -0.15) is 5.10 Å². The Kier molecular flexibility index (Phi) is 6.86. The molecule has 2 fully saturated rings. The molecule has 2 saturated carbocycles. The standard InChI is InChI=1S/C21H29N5O4S/c1-12-22-11-17(31-12)9-20(28)24-19-10-18(25-26-19)13-2-7-16(8-13)30-21(29)23-14-3-5-15(27)6-4-14/h10-11,13-16,27H,2-9H2,1H3,(H,23,29)(H2,24,25,26,28)/t13-,14-,15-,16+/m1/s1. The van der Waals surface area contributed by atoms with Gasteiger partial charge in [-0.25, -0.2) is 9.78 Å². The van der Waals surface area contributed by atoms with Crippen molar-refractivity contribution < 1.29 is 19.4 Å². The number of carbonyl (C=O) groups is 2. The fourth-order valence-corrected chi connectivity index (χ4v) is 5.14. The summed E-state index contributed by atoms with van der Waals surface area (Å²) < 4.78 is 5.61. The van der Waals surface area contributed by atoms with Gasteiger partial charge >= 0.3 is 6.09 Å². The largest absolute Gasteiger partial charge is 0.446 e. The third-order valence-electron chi connectivity index (χ3n) is 5.99. The van der Waals surface area contributed by atoms with Crippen molar-refractivity contribution in [3.05, 3.63) is 27.8 Å². The molecule has 31 heavy (non-hydrogen) atoms. The first-order valence-corrected chi connectivity index (χ1v) is 11.7. The van der Waals surface area contributed by atoms with E-state index in [0.29, 0.717) is 5.82 Å². The number of rotatable bonds is 6. The molecule has 9 nitrogen and oxygen atoms in total. The summed E-state index contributed by atoms with van der Waals surface area (Å²) in [5.74, 6) is 0.592. The van der Waals surface area contributed by atoms with Crippen molar-refractivity contribution in [2.24, 2.45) is 0 Å². The normalized spacial score (nSPS) is 25.9. The van der Waals surface area contributed by atoms with Crippen LogP contribution in [0.2, 0.25) is 0 Å². The number of hydrogen-bond acceptors (Lipinski definition) is 7. The molecule has 0 radical (unpaired) electrons. The lowest BCUT2D eigenvalue weighted by Gasteiger charge is -2.26. The molecule has 10 heteroatoms. The Morgan fingerprint density at radius 1 is 1.26 bits per heavy atom. The topological polar surface area (TPSA) is 129 Å². The molecule has 2 heterocycles. The molecule has 2 aliphatic rings. The van der Waals surface area contributed by atoms with Crippen LogP contribution in [0, 0.1) is 6.92 Å². The van der Waals surface area contributed by atoms with E-state index >= 15 is 0 Å². The number of carbonyl (C=O) groups excluding carboxylic acids is 2. The number of aliphatic hydroxyl groups is 1. The molecule has 0 aliphatic heterocycles. The number of thiazole rings is 1. The van der Waals surface area contributed by atoms with Crippen LogP contribution in [0.3, 0.4) is 0 Å². The fraction of sp³-hybridized carbons (Fsp3) is 0.619. The number of hydrogen-bond donors (Lipinski definition) is 4. The number of anilines is 1. The van der Waals surface area contributed by atoms with E-state index in [1.165, 1.54) is 11.3 Å². The second-order valence-corrected chi connectivity index (χ2v) is 9.79. The van der Waals surface area contributed by atoms with Crippen molar-refractivity contribution in [3.63, 3.8) is 0 Å². The Labute approximate surface area is 185 Å². The number of aryl methyl sites for hydroxylation is 1. The number of alkyl carbamates (subject to hydrolysis) is 1. The highest BCUT2D eigenvalue weighted by Gasteiger charge is 2.31. The minimum absolute atomic E-state index is 0.0840. The van der Waals surface area contributed by atoms with Crippen LogP contribution in [-0.2, 0) is 16.0 Å². The molecular formula is C21H29N5O4S. The monoisotopic (exact) mass is 447 g/mol. The van der Waals surface area contributed by atoms with E-state index in [4.69, 9.17) is 4.74 Å². The lowest BCUT2D eigenvalue weighted by molar-refractivity contribution is -0.115. The summed E-state index contributed by atoms with van der Waals surface area (Å²) in [6, 6.07) is 1.94. The lowest BCUT2D eigenvalue weighted by Crippen LogP contribution is -2.40. The van der Waals surface area contributed by atoms with Crippen LogP contribution in [0.5, 0.6) is 0 Å². The first-order valence-electron chi connectivity index (χ1n) is 10.9. The number of ether oxygens (including phenoxy) is 1. The van der Waals surface area contributed by atoms with E-state index in [2.05, 4.69) is 25.8 Å². The van der Waals surface area contributed by atoms with Crippen LogP contribution in [0.15, 0.2) is 12.3 Å². The summed E-state index contributed by atoms with van der Waals surface area (Å²) in [5.41, 5.74) is 0.941. The summed E-state index contributed by atoms with van der Waals surface area (Å²) in [5, 5.41) is 23.5. The van der Waals surface area contributed by atoms with Gasteiger partial charge in [0.05, 0.1) is 17.5 Å². The maximum absolute atomic E-state index is 12.2. The average Bonchev–Trinajstić information content (AvgIpc) is 3.45. The molecule has 2 amide bonds. The van der Waals surface area contributed by atoms with Crippen molar-refractivity contribution in [2.75, 3.05) is 5.32 Å². The molecule has 0 bridgehead atoms. The molecule has 4 rings (SSSR count). The van der Waals surface area contributed by atoms with Gasteiger partial charge in [0.1, 0.15) is 6.10 Å². The third-order valence-corrected chi connectivity index (χ3v) is 6.90. The second kappa shape index (κ2) is 9.78. The molecule has 4 N–H and O–H groups in total. The molecule has 0 spiro atoms. The molecular weight excluding hydrogens is 418 g/mol. The SMILES string of the molecule is Cc1ncc(CC(=O)Nc2cc([C@@H]3CC[C@H](OC(=O)N[C@H]4CC[C@H](O)CC4)C3)[nH]n2)s1. The summed E-state index contributed by atoms with van der Waals surface area (Å²) in [4.78, 5) is 29.5. The third kappa shape index (κ3) is 6.04. The van der Waals surface area contributed by atoms with Gasteiger partial charge in [-0.15, -0.1) is 11.3 Å². The quantitative estimate of drug-likeness (QED) is 0.539. The summed E-state index contributed by atoms with van der Waals surface area (Å²) in [7, 11) is 0. The zero-order valence-corrected chi connectivity index (χ0v) is 18.4. The van der Waals surface area contributed by atoms with Gasteiger partial charge in [-0.1, -0.05) is 0 Å². The van der Waals surface area contributed by atoms with Gasteiger partial charge in [0.2, 0.25) is 5.91 Å². The Balaban J connectivity index is 1.21. The minimum Gasteiger partial charge on any atom is -0.446 e. The Hall–Kier alpha value is -2.46. The Bertz CT molecular complexity index is 905. The predicted octanol–water partition coefficient (Wildman–Crippen LogP) is 3.02. The van der Waals surface area contributed by atoms with Gasteiger partial charge in [0, 0.05) is 34.8 Å². The first-order chi connectivity index (χ1) is 14.9. The van der Waals surface area contributed by atoms with E-state index in [1.807, 2.05) is 13.0 Å². The van der Waals surface area contributed by atoms with E-state index in [9.17, 15) is 14.7 Å². The smallest absolute Gasteiger partial charge is 0.407 e. The predicted molar refractivity (Wildman–Crippen MR) is 116 cm³/mol. The Morgan fingerprint density at radius 2 is 2.06 bits per heavy atom. The van der Waals surface area contributed by atoms with Crippen LogP contribution in [-0.4, -0.2) is 50.5 Å². The lowest BCUT2D eigenvalue weighted by atomic mass is 9.93. The molecule has 2 aromatic rings. The molecule has 0 unspecified atom stereocenters. The number of amides is 2. The maximum atomic E-state index is 12.2. The van der Waals surface area contributed by atoms with Gasteiger partial charge < -0.3 is 20.5 Å². The van der Waals surface area contributed by atoms with E-state index in [0.717, 1.165) is 60.5 Å². The summed E-state index contributed by atoms with van der Waals surface area (Å²) in [6.07, 6.45) is 6.69. The number of aromatic nitrogens is 3. The average molecular weight is 448 g/mol. The van der Waals surface area contributed by atoms with Gasteiger partial charge in [0.15, 0.2) is 5.82 Å². The molecule has 2 aliphatic carbocycles. The van der Waals surface area contributed by atoms with Crippen LogP contribution in [0.1, 0.15) is 66.4 Å². The number of aliphatic hydroxyl groups excluding tert-OH is 1. The minimum atomic E-state index is -0.372. The van der Waals surface area contributed by atoms with Crippen molar-refractivity contribution in [3.8, 4) is 0 Å². The molecule has 2 aromatic heterocycles. The van der Waals surface area contributed by atoms with Crippen molar-refractivity contribution >= 4 is 29.2 Å². The number of nitrogens with one attached hydrogen (secondary N) is 3. The maximum Gasteiger partial charge on any atom is 0.407 e. The highest BCUT2D eigenvalue weighted by atomic mass is 32.1. The number of aromatic amines is 1. The van der Waals surface area contributed by atoms with Crippen LogP contribution in [0.25, 0.3) is 0 Å². The zero-order chi connectivity index (χ0) is 21.8. The van der Waals surface area contributed by atoms with Gasteiger partial charge in [0.25, 0.3) is 0 Å². The zero-order valence-electron chi connectivity index (χ0n) is 17.6. The number of nitrogens with zero attached hydrogens (tertiary/aromatic N) is 2. The fourth-order valence-electron chi connectivity index (χ4n) is 4.34. The highest BCUT2D eigenvalue weighted by Crippen LogP contribution is 2.36. The molecule has 168 valence electrons. The first kappa shape index (κ1) is 21.8. The van der Waals surface area contributed by atoms with E-state index in [-0.39, 0.29) is 42.6 Å². The van der Waals surface area contributed by atoms with Crippen LogP contribution in [0.4, 0.5) is 10.6 Å². The van der Waals surface area contributed by atoms with Crippen LogP contribution >= 0.6 is 11.3 Å². The number of H-pyrrole nitrogens is 1. The summed E-state index contributed by atoms with van der Waals surface area (Å²) >= 11 is 1.51. The summed E-state index contributed by atoms with van der Waals surface area (Å²) in [6.45, 7) is 1.91. The van der Waals surface area contributed by atoms with E-state index < -0.39 is 0 Å². The van der Waals surface area contributed by atoms with Gasteiger partial charge in [-0.05, 0) is 51.9 Å². The molecule has 0 aromatic carbocycles. The van der Waals surface area contributed by atoms with Crippen molar-refractivity contribution in [2.45, 2.75) is 82.5 Å². The molecule has 2 atom stereocenters. The van der Waals surface area contributed by atoms with Crippen molar-refractivity contribution in [1.29, 1.82) is 0 Å². The van der Waals surface area contributed by atoms with Crippen LogP contribution < -0.4 is 10.6 Å². The second-order valence-electron chi connectivity index (χ2n) is 8.47. The Morgan fingerprint density at radius 3 is 2.81 bits per heavy atom. The van der Waals surface area contributed by atoms with Crippen molar-refractivity contribution in [1.82, 2.24) is 20.5 Å². The molecule has 0 saturated heterocycles. The van der Waals surface area contributed by atoms with E-state index in [1.54, 1.807) is 6.20 Å². The highest BCUT2D eigenvalue weighted by molar-refractivity contribution is 7.11. The van der Waals surface area contributed by atoms with Gasteiger partial charge in [-0.3, -0.25) is 9.89 Å².